The maximum Gasteiger partial charge on any atom is 0.123 e. The van der Waals surface area contributed by atoms with Crippen LogP contribution in [0.1, 0.15) is 22.7 Å². The van der Waals surface area contributed by atoms with Crippen molar-refractivity contribution in [2.45, 2.75) is 19.4 Å². The van der Waals surface area contributed by atoms with Crippen molar-refractivity contribution in [2.75, 3.05) is 0 Å². The molecule has 3 N–H and O–H groups in total. The molecule has 1 atom stereocenters. The van der Waals surface area contributed by atoms with Gasteiger partial charge in [0.1, 0.15) is 5.82 Å². The van der Waals surface area contributed by atoms with Crippen LogP contribution in [0.5, 0.6) is 0 Å². The van der Waals surface area contributed by atoms with Gasteiger partial charge >= 0.3 is 0 Å². The molecule has 0 aliphatic heterocycles. The summed E-state index contributed by atoms with van der Waals surface area (Å²) in [6.45, 7) is 1.87. The average molecular weight is 313 g/mol. The van der Waals surface area contributed by atoms with Crippen LogP contribution < -0.4 is 11.3 Å². The number of hydrazine groups is 1. The summed E-state index contributed by atoms with van der Waals surface area (Å²) in [5.74, 6) is 5.38. The highest BCUT2D eigenvalue weighted by molar-refractivity contribution is 6.33. The molecular formula is C15H15Cl2FN2. The fraction of sp³-hybridized carbons (Fsp3) is 0.200. The third-order valence-corrected chi connectivity index (χ3v) is 3.84. The first kappa shape index (κ1) is 15.3. The van der Waals surface area contributed by atoms with Crippen molar-refractivity contribution in [1.29, 1.82) is 0 Å². The third-order valence-electron chi connectivity index (χ3n) is 3.26. The second-order valence-electron chi connectivity index (χ2n) is 4.66. The molecule has 20 heavy (non-hydrogen) atoms. The lowest BCUT2D eigenvalue weighted by atomic mass is 9.96. The molecule has 0 fully saturated rings. The summed E-state index contributed by atoms with van der Waals surface area (Å²) in [5, 5.41) is 1.19. The van der Waals surface area contributed by atoms with Gasteiger partial charge in [0.05, 0.1) is 6.04 Å². The van der Waals surface area contributed by atoms with Crippen molar-refractivity contribution >= 4 is 23.2 Å². The fourth-order valence-electron chi connectivity index (χ4n) is 2.15. The number of halogens is 3. The van der Waals surface area contributed by atoms with E-state index in [1.807, 2.05) is 6.92 Å². The highest BCUT2D eigenvalue weighted by Gasteiger charge is 2.15. The maximum absolute atomic E-state index is 13.1. The Hall–Kier alpha value is -1.13. The van der Waals surface area contributed by atoms with Crippen molar-refractivity contribution < 1.29 is 4.39 Å². The minimum Gasteiger partial charge on any atom is -0.271 e. The summed E-state index contributed by atoms with van der Waals surface area (Å²) < 4.78 is 13.1. The Kier molecular flexibility index (Phi) is 5.00. The topological polar surface area (TPSA) is 38.0 Å². The number of nitrogens with two attached hydrogens (primary N) is 1. The predicted molar refractivity (Wildman–Crippen MR) is 81.4 cm³/mol. The van der Waals surface area contributed by atoms with Gasteiger partial charge in [0.25, 0.3) is 0 Å². The lowest BCUT2D eigenvalue weighted by molar-refractivity contribution is 0.549. The molecule has 0 saturated heterocycles. The van der Waals surface area contributed by atoms with Gasteiger partial charge < -0.3 is 0 Å². The van der Waals surface area contributed by atoms with E-state index in [4.69, 9.17) is 29.0 Å². The summed E-state index contributed by atoms with van der Waals surface area (Å²) in [6, 6.07) is 9.76. The molecule has 1 unspecified atom stereocenters. The van der Waals surface area contributed by atoms with Crippen molar-refractivity contribution in [2.24, 2.45) is 5.84 Å². The van der Waals surface area contributed by atoms with E-state index in [2.05, 4.69) is 5.43 Å². The van der Waals surface area contributed by atoms with E-state index in [-0.39, 0.29) is 11.9 Å². The van der Waals surface area contributed by atoms with Gasteiger partial charge in [-0.25, -0.2) is 4.39 Å². The molecule has 106 valence electrons. The molecule has 2 aromatic rings. The fourth-order valence-corrected chi connectivity index (χ4v) is 2.58. The molecule has 0 saturated carbocycles. The highest BCUT2D eigenvalue weighted by atomic mass is 35.5. The molecule has 2 aromatic carbocycles. The van der Waals surface area contributed by atoms with Gasteiger partial charge in [-0.1, -0.05) is 29.3 Å². The van der Waals surface area contributed by atoms with E-state index in [0.717, 1.165) is 16.7 Å². The van der Waals surface area contributed by atoms with Crippen molar-refractivity contribution in [3.05, 3.63) is 69.0 Å². The van der Waals surface area contributed by atoms with E-state index in [0.29, 0.717) is 16.5 Å². The van der Waals surface area contributed by atoms with Crippen LogP contribution in [-0.2, 0) is 6.42 Å². The maximum atomic E-state index is 13.1. The van der Waals surface area contributed by atoms with Crippen molar-refractivity contribution in [3.63, 3.8) is 0 Å². The minimum absolute atomic E-state index is 0.189. The van der Waals surface area contributed by atoms with Gasteiger partial charge in [-0.3, -0.25) is 11.3 Å². The van der Waals surface area contributed by atoms with Gasteiger partial charge in [0.15, 0.2) is 0 Å². The second-order valence-corrected chi connectivity index (χ2v) is 5.50. The summed E-state index contributed by atoms with van der Waals surface area (Å²) in [4.78, 5) is 0. The van der Waals surface area contributed by atoms with Gasteiger partial charge in [-0.2, -0.15) is 0 Å². The lowest BCUT2D eigenvalue weighted by Gasteiger charge is -2.19. The molecule has 0 heterocycles. The molecule has 2 nitrogen and oxygen atoms in total. The molecule has 2 rings (SSSR count). The van der Waals surface area contributed by atoms with Gasteiger partial charge in [0, 0.05) is 10.0 Å². The molecule has 0 aromatic heterocycles. The Morgan fingerprint density at radius 2 is 1.95 bits per heavy atom. The first-order valence-corrected chi connectivity index (χ1v) is 6.93. The van der Waals surface area contributed by atoms with E-state index in [1.54, 1.807) is 24.3 Å². The minimum atomic E-state index is -0.246. The molecular weight excluding hydrogens is 298 g/mol. The summed E-state index contributed by atoms with van der Waals surface area (Å²) in [5.41, 5.74) is 5.45. The Bertz CT molecular complexity index is 617. The SMILES string of the molecule is Cc1cc(F)ccc1CC(NN)c1cc(Cl)ccc1Cl. The Morgan fingerprint density at radius 1 is 1.20 bits per heavy atom. The predicted octanol–water partition coefficient (Wildman–Crippen LogP) is 4.19. The van der Waals surface area contributed by atoms with Crippen LogP contribution in [0, 0.1) is 12.7 Å². The normalized spacial score (nSPS) is 12.4. The summed E-state index contributed by atoms with van der Waals surface area (Å²) >= 11 is 12.2. The smallest absolute Gasteiger partial charge is 0.123 e. The van der Waals surface area contributed by atoms with Crippen molar-refractivity contribution in [3.8, 4) is 0 Å². The Labute approximate surface area is 127 Å². The Morgan fingerprint density at radius 3 is 2.60 bits per heavy atom. The first-order chi connectivity index (χ1) is 9.51. The molecule has 0 bridgehead atoms. The zero-order valence-electron chi connectivity index (χ0n) is 11.0. The lowest BCUT2D eigenvalue weighted by Crippen LogP contribution is -2.30. The van der Waals surface area contributed by atoms with Gasteiger partial charge in [-0.15, -0.1) is 0 Å². The van der Waals surface area contributed by atoms with E-state index in [1.165, 1.54) is 12.1 Å². The molecule has 0 radical (unpaired) electrons. The van der Waals surface area contributed by atoms with E-state index >= 15 is 0 Å². The van der Waals surface area contributed by atoms with E-state index in [9.17, 15) is 4.39 Å². The standard InChI is InChI=1S/C15H15Cl2FN2/c1-9-6-12(18)4-2-10(9)7-15(20-19)13-8-11(16)3-5-14(13)17/h2-6,8,15,20H,7,19H2,1H3. The monoisotopic (exact) mass is 312 g/mol. The second kappa shape index (κ2) is 6.55. The van der Waals surface area contributed by atoms with Gasteiger partial charge in [-0.05, 0) is 60.4 Å². The molecule has 0 aliphatic rings. The number of benzene rings is 2. The van der Waals surface area contributed by atoms with Crippen LogP contribution in [0.2, 0.25) is 10.0 Å². The molecule has 0 aliphatic carbocycles. The third kappa shape index (κ3) is 3.49. The number of hydrogen-bond donors (Lipinski definition) is 2. The first-order valence-electron chi connectivity index (χ1n) is 6.17. The zero-order chi connectivity index (χ0) is 14.7. The summed E-state index contributed by atoms with van der Waals surface area (Å²) in [6.07, 6.45) is 0.600. The van der Waals surface area contributed by atoms with Crippen LogP contribution >= 0.6 is 23.2 Å². The average Bonchev–Trinajstić information content (AvgIpc) is 2.41. The number of aryl methyl sites for hydroxylation is 1. The largest absolute Gasteiger partial charge is 0.271 e. The quantitative estimate of drug-likeness (QED) is 0.656. The van der Waals surface area contributed by atoms with E-state index < -0.39 is 0 Å². The zero-order valence-corrected chi connectivity index (χ0v) is 12.5. The molecule has 0 spiro atoms. The number of nitrogens with one attached hydrogen (secondary N) is 1. The summed E-state index contributed by atoms with van der Waals surface area (Å²) in [7, 11) is 0. The van der Waals surface area contributed by atoms with Crippen LogP contribution in [0.3, 0.4) is 0 Å². The number of rotatable bonds is 4. The van der Waals surface area contributed by atoms with Crippen LogP contribution in [0.25, 0.3) is 0 Å². The van der Waals surface area contributed by atoms with Crippen LogP contribution in [0.4, 0.5) is 4.39 Å². The van der Waals surface area contributed by atoms with Crippen LogP contribution in [-0.4, -0.2) is 0 Å². The molecule has 0 amide bonds. The van der Waals surface area contributed by atoms with Crippen LogP contribution in [0.15, 0.2) is 36.4 Å². The highest BCUT2D eigenvalue weighted by Crippen LogP contribution is 2.29. The Balaban J connectivity index is 2.31. The van der Waals surface area contributed by atoms with Crippen molar-refractivity contribution in [1.82, 2.24) is 5.43 Å². The molecule has 5 heteroatoms. The number of hydrogen-bond acceptors (Lipinski definition) is 2. The van der Waals surface area contributed by atoms with Gasteiger partial charge in [0.2, 0.25) is 0 Å².